The van der Waals surface area contributed by atoms with E-state index in [-0.39, 0.29) is 34.6 Å². The molecular formula is C27H26FN5O2S. The van der Waals surface area contributed by atoms with Crippen molar-refractivity contribution in [3.05, 3.63) is 70.8 Å². The van der Waals surface area contributed by atoms with Gasteiger partial charge in [0.15, 0.2) is 5.13 Å². The molecule has 7 nitrogen and oxygen atoms in total. The highest BCUT2D eigenvalue weighted by molar-refractivity contribution is 7.19. The second-order valence-electron chi connectivity index (χ2n) is 9.80. The maximum absolute atomic E-state index is 13.9. The first-order valence-electron chi connectivity index (χ1n) is 12.0. The van der Waals surface area contributed by atoms with Crippen molar-refractivity contribution in [1.82, 2.24) is 14.5 Å². The molecule has 2 aromatic carbocycles. The van der Waals surface area contributed by atoms with Crippen LogP contribution in [0.4, 0.5) is 9.52 Å². The normalized spacial score (nSPS) is 20.6. The molecule has 4 aromatic rings. The number of amides is 2. The van der Waals surface area contributed by atoms with E-state index in [9.17, 15) is 14.0 Å². The molecular weight excluding hydrogens is 477 g/mol. The molecule has 0 spiro atoms. The van der Waals surface area contributed by atoms with Gasteiger partial charge in [0.25, 0.3) is 11.8 Å². The molecule has 2 aromatic heterocycles. The number of nitrogen functional groups attached to an aromatic ring is 1. The lowest BCUT2D eigenvalue weighted by Gasteiger charge is -2.28. The van der Waals surface area contributed by atoms with Crippen LogP contribution in [0.1, 0.15) is 44.9 Å². The van der Waals surface area contributed by atoms with Gasteiger partial charge in [-0.3, -0.25) is 9.59 Å². The largest absolute Gasteiger partial charge is 0.375 e. The minimum absolute atomic E-state index is 0.0450. The molecule has 3 atom stereocenters. The Bertz CT molecular complexity index is 1560. The molecule has 0 radical (unpaired) electrons. The van der Waals surface area contributed by atoms with E-state index in [0.717, 1.165) is 35.0 Å². The Labute approximate surface area is 211 Å². The topological polar surface area (TPSA) is 107 Å². The number of benzene rings is 2. The van der Waals surface area contributed by atoms with Crippen molar-refractivity contribution in [1.29, 1.82) is 0 Å². The number of piperidine rings is 1. The molecule has 2 aliphatic rings. The molecule has 184 valence electrons. The van der Waals surface area contributed by atoms with Crippen LogP contribution >= 0.6 is 11.3 Å². The van der Waals surface area contributed by atoms with E-state index in [1.54, 1.807) is 12.1 Å². The van der Waals surface area contributed by atoms with Gasteiger partial charge in [-0.25, -0.2) is 9.37 Å². The number of primary amides is 1. The zero-order chi connectivity index (χ0) is 25.3. The van der Waals surface area contributed by atoms with Crippen LogP contribution < -0.4 is 11.5 Å². The lowest BCUT2D eigenvalue weighted by atomic mass is 9.96. The summed E-state index contributed by atoms with van der Waals surface area (Å²) in [6, 6.07) is 12.2. The second kappa shape index (κ2) is 8.16. The molecule has 2 fully saturated rings. The van der Waals surface area contributed by atoms with Gasteiger partial charge in [-0.2, -0.15) is 0 Å². The highest BCUT2D eigenvalue weighted by Gasteiger charge is 2.54. The van der Waals surface area contributed by atoms with Gasteiger partial charge in [0.1, 0.15) is 11.5 Å². The first kappa shape index (κ1) is 22.7. The van der Waals surface area contributed by atoms with Gasteiger partial charge in [0.2, 0.25) is 0 Å². The molecule has 6 rings (SSSR count). The molecule has 1 aliphatic heterocycles. The fraction of sp³-hybridized carbons (Fsp3) is 0.296. The van der Waals surface area contributed by atoms with E-state index < -0.39 is 5.91 Å². The monoisotopic (exact) mass is 503 g/mol. The van der Waals surface area contributed by atoms with Crippen LogP contribution in [0.2, 0.25) is 0 Å². The number of aryl methyl sites for hydroxylation is 1. The van der Waals surface area contributed by atoms with Gasteiger partial charge >= 0.3 is 0 Å². The molecule has 0 bridgehead atoms. The first-order valence-corrected chi connectivity index (χ1v) is 12.8. The average Bonchev–Trinajstić information content (AvgIpc) is 3.20. The summed E-state index contributed by atoms with van der Waals surface area (Å²) in [4.78, 5) is 33.2. The van der Waals surface area contributed by atoms with Gasteiger partial charge < -0.3 is 20.9 Å². The van der Waals surface area contributed by atoms with E-state index in [2.05, 4.69) is 4.98 Å². The summed E-state index contributed by atoms with van der Waals surface area (Å²) in [6.07, 6.45) is 2.46. The van der Waals surface area contributed by atoms with Crippen molar-refractivity contribution in [3.8, 4) is 10.4 Å². The maximum Gasteiger partial charge on any atom is 0.274 e. The van der Waals surface area contributed by atoms with Gasteiger partial charge in [0, 0.05) is 35.7 Å². The molecule has 1 aliphatic carbocycles. The third-order valence-electron chi connectivity index (χ3n) is 7.69. The van der Waals surface area contributed by atoms with E-state index in [1.165, 1.54) is 23.5 Å². The minimum atomic E-state index is -0.453. The molecule has 1 saturated heterocycles. The van der Waals surface area contributed by atoms with Crippen molar-refractivity contribution in [2.75, 3.05) is 5.73 Å². The molecule has 2 amide bonds. The van der Waals surface area contributed by atoms with E-state index >= 15 is 0 Å². The molecule has 1 saturated carbocycles. The highest BCUT2D eigenvalue weighted by atomic mass is 32.1. The second-order valence-corrected chi connectivity index (χ2v) is 10.8. The van der Waals surface area contributed by atoms with Gasteiger partial charge in [-0.15, -0.1) is 0 Å². The SMILES string of the molecule is Cc1c(C(N)=O)c2c(C[C@@H]3C[C@@H]4C[C@@H]4N3C(=O)c3nc(N)sc3-c3cccc(F)c3)cccc2n1C. The molecule has 36 heavy (non-hydrogen) atoms. The third-order valence-corrected chi connectivity index (χ3v) is 8.62. The highest BCUT2D eigenvalue weighted by Crippen LogP contribution is 2.50. The number of likely N-dealkylation sites (tertiary alicyclic amines) is 1. The molecule has 9 heteroatoms. The summed E-state index contributed by atoms with van der Waals surface area (Å²) < 4.78 is 15.9. The van der Waals surface area contributed by atoms with Crippen LogP contribution in [0.3, 0.4) is 0 Å². The Hall–Kier alpha value is -3.72. The quantitative estimate of drug-likeness (QED) is 0.424. The number of fused-ring (bicyclic) bond motifs is 2. The fourth-order valence-corrected chi connectivity index (χ4v) is 6.72. The predicted octanol–water partition coefficient (Wildman–Crippen LogP) is 4.28. The number of nitrogens with two attached hydrogens (primary N) is 2. The van der Waals surface area contributed by atoms with Crippen molar-refractivity contribution in [3.63, 3.8) is 0 Å². The molecule has 3 heterocycles. The van der Waals surface area contributed by atoms with Gasteiger partial charge in [-0.05, 0) is 61.4 Å². The summed E-state index contributed by atoms with van der Waals surface area (Å²) in [6.45, 7) is 1.89. The number of hydrogen-bond acceptors (Lipinski definition) is 5. The van der Waals surface area contributed by atoms with Gasteiger partial charge in [0.05, 0.1) is 10.4 Å². The average molecular weight is 504 g/mol. The Morgan fingerprint density at radius 2 is 1.97 bits per heavy atom. The van der Waals surface area contributed by atoms with Crippen LogP contribution in [-0.4, -0.2) is 38.3 Å². The third kappa shape index (κ3) is 3.49. The molecule has 4 N–H and O–H groups in total. The summed E-state index contributed by atoms with van der Waals surface area (Å²) >= 11 is 1.19. The Kier molecular flexibility index (Phi) is 5.15. The lowest BCUT2D eigenvalue weighted by Crippen LogP contribution is -2.40. The van der Waals surface area contributed by atoms with Crippen LogP contribution in [0.15, 0.2) is 42.5 Å². The van der Waals surface area contributed by atoms with Gasteiger partial charge in [-0.1, -0.05) is 35.6 Å². The van der Waals surface area contributed by atoms with Crippen LogP contribution in [0, 0.1) is 18.7 Å². The molecule has 0 unspecified atom stereocenters. The number of carbonyl (C=O) groups is 2. The summed E-state index contributed by atoms with van der Waals surface area (Å²) in [5.74, 6) is -0.551. The standard InChI is InChI=1S/C27H26FN5O2S/c1-13-21(25(29)34)22-14(5-4-8-19(22)32(13)2)10-18-11-16-12-20(16)33(18)26(35)23-24(36-27(30)31-23)15-6-3-7-17(28)9-15/h3-9,16,18,20H,10-12H2,1-2H3,(H2,29,34)(H2,30,31)/t16-,18-,20+/m1/s1. The number of rotatable bonds is 5. The first-order chi connectivity index (χ1) is 17.2. The van der Waals surface area contributed by atoms with E-state index in [1.807, 2.05) is 41.6 Å². The zero-order valence-corrected chi connectivity index (χ0v) is 20.8. The van der Waals surface area contributed by atoms with Crippen molar-refractivity contribution in [2.45, 2.75) is 38.3 Å². The Morgan fingerprint density at radius 3 is 2.72 bits per heavy atom. The lowest BCUT2D eigenvalue weighted by molar-refractivity contribution is 0.0695. The number of hydrogen-bond donors (Lipinski definition) is 2. The van der Waals surface area contributed by atoms with Crippen LogP contribution in [0.25, 0.3) is 21.3 Å². The van der Waals surface area contributed by atoms with Crippen molar-refractivity contribution in [2.24, 2.45) is 18.7 Å². The maximum atomic E-state index is 13.9. The van der Waals surface area contributed by atoms with E-state index in [4.69, 9.17) is 11.5 Å². The minimum Gasteiger partial charge on any atom is -0.375 e. The summed E-state index contributed by atoms with van der Waals surface area (Å²) in [5.41, 5.74) is 15.9. The number of thiazole rings is 1. The van der Waals surface area contributed by atoms with Crippen LogP contribution in [0.5, 0.6) is 0 Å². The number of aromatic nitrogens is 2. The number of anilines is 1. The fourth-order valence-electron chi connectivity index (χ4n) is 5.90. The number of carbonyl (C=O) groups excluding carboxylic acids is 2. The smallest absolute Gasteiger partial charge is 0.274 e. The zero-order valence-electron chi connectivity index (χ0n) is 20.0. The summed E-state index contributed by atoms with van der Waals surface area (Å²) in [7, 11) is 1.93. The number of halogens is 1. The van der Waals surface area contributed by atoms with Crippen molar-refractivity contribution >= 4 is 39.2 Å². The van der Waals surface area contributed by atoms with Crippen LogP contribution in [-0.2, 0) is 13.5 Å². The number of nitrogens with zero attached hydrogens (tertiary/aromatic N) is 3. The summed E-state index contributed by atoms with van der Waals surface area (Å²) in [5, 5.41) is 1.13. The predicted molar refractivity (Wildman–Crippen MR) is 138 cm³/mol. The van der Waals surface area contributed by atoms with Crippen molar-refractivity contribution < 1.29 is 14.0 Å². The Morgan fingerprint density at radius 1 is 1.19 bits per heavy atom. The van der Waals surface area contributed by atoms with E-state index in [0.29, 0.717) is 28.3 Å². The Balaban J connectivity index is 1.38.